The van der Waals surface area contributed by atoms with E-state index in [9.17, 15) is 30.7 Å². The number of hydrogen-bond acceptors (Lipinski definition) is 0. The smallest absolute Gasteiger partial charge is 0.207 e. The molecule has 0 bridgehead atoms. The molecule has 0 aliphatic heterocycles. The largest absolute Gasteiger partial charge is 0.416 e. The fourth-order valence-corrected chi connectivity index (χ4v) is 2.18. The van der Waals surface area contributed by atoms with Gasteiger partial charge in [0.2, 0.25) is 0 Å². The lowest BCUT2D eigenvalue weighted by Crippen LogP contribution is -2.06. The molecule has 0 fully saturated rings. The number of benzene rings is 2. The van der Waals surface area contributed by atoms with E-state index >= 15 is 0 Å². The van der Waals surface area contributed by atoms with Gasteiger partial charge in [-0.25, -0.2) is 4.39 Å². The van der Waals surface area contributed by atoms with E-state index in [4.69, 9.17) is 0 Å². The van der Waals surface area contributed by atoms with E-state index in [-0.39, 0.29) is 11.8 Å². The van der Waals surface area contributed by atoms with Gasteiger partial charge in [-0.2, -0.15) is 26.3 Å². The van der Waals surface area contributed by atoms with Crippen LogP contribution in [0.4, 0.5) is 30.7 Å². The van der Waals surface area contributed by atoms with Crippen molar-refractivity contribution in [3.8, 4) is 0 Å². The van der Waals surface area contributed by atoms with E-state index in [1.165, 1.54) is 12.1 Å². The molecule has 0 saturated carbocycles. The highest BCUT2D eigenvalue weighted by atomic mass is 19.4. The lowest BCUT2D eigenvalue weighted by Gasteiger charge is -2.11. The molecule has 0 atom stereocenters. The topological polar surface area (TPSA) is 0 Å². The molecular weight excluding hydrogens is 373 g/mol. The first-order valence-corrected chi connectivity index (χ1v) is 8.26. The van der Waals surface area contributed by atoms with Crippen LogP contribution in [0.25, 0.3) is 0 Å². The van der Waals surface area contributed by atoms with Crippen LogP contribution in [0.5, 0.6) is 0 Å². The van der Waals surface area contributed by atoms with E-state index < -0.39 is 29.3 Å². The molecule has 2 aromatic rings. The average molecular weight is 394 g/mol. The minimum Gasteiger partial charge on any atom is -0.207 e. The van der Waals surface area contributed by atoms with E-state index in [1.54, 1.807) is 19.9 Å². The fraction of sp³-hybridized carbons (Fsp3) is 0.400. The van der Waals surface area contributed by atoms with Gasteiger partial charge in [0.15, 0.2) is 0 Å². The zero-order valence-electron chi connectivity index (χ0n) is 15.3. The summed E-state index contributed by atoms with van der Waals surface area (Å²) < 4.78 is 86.2. The monoisotopic (exact) mass is 394 g/mol. The Hall–Kier alpha value is -2.05. The van der Waals surface area contributed by atoms with Crippen molar-refractivity contribution in [1.29, 1.82) is 0 Å². The lowest BCUT2D eigenvalue weighted by molar-refractivity contribution is -0.138. The van der Waals surface area contributed by atoms with Gasteiger partial charge in [-0.1, -0.05) is 45.9 Å². The number of hydrogen-bond donors (Lipinski definition) is 0. The zero-order chi connectivity index (χ0) is 21.0. The van der Waals surface area contributed by atoms with E-state index in [0.717, 1.165) is 23.8 Å². The van der Waals surface area contributed by atoms with Crippen LogP contribution in [-0.4, -0.2) is 0 Å². The normalized spacial score (nSPS) is 12.2. The zero-order valence-corrected chi connectivity index (χ0v) is 15.3. The third-order valence-electron chi connectivity index (χ3n) is 3.79. The Morgan fingerprint density at radius 1 is 0.630 bits per heavy atom. The summed E-state index contributed by atoms with van der Waals surface area (Å²) in [7, 11) is 0. The summed E-state index contributed by atoms with van der Waals surface area (Å²) in [5.41, 5.74) is -0.424. The van der Waals surface area contributed by atoms with Crippen LogP contribution in [0, 0.1) is 5.82 Å². The van der Waals surface area contributed by atoms with Crippen LogP contribution in [0.2, 0.25) is 0 Å². The molecular formula is C20H21F7. The first kappa shape index (κ1) is 23.0. The summed E-state index contributed by atoms with van der Waals surface area (Å²) in [6.45, 7) is 7.18. The van der Waals surface area contributed by atoms with Crippen molar-refractivity contribution >= 4 is 0 Å². The Morgan fingerprint density at radius 2 is 1.11 bits per heavy atom. The van der Waals surface area contributed by atoms with Gasteiger partial charge in [-0.05, 0) is 47.2 Å². The van der Waals surface area contributed by atoms with Gasteiger partial charge < -0.3 is 0 Å². The summed E-state index contributed by atoms with van der Waals surface area (Å²) in [6.07, 6.45) is -8.71. The molecule has 150 valence electrons. The van der Waals surface area contributed by atoms with E-state index in [0.29, 0.717) is 11.6 Å². The molecule has 0 unspecified atom stereocenters. The van der Waals surface area contributed by atoms with Crippen molar-refractivity contribution < 1.29 is 30.7 Å². The van der Waals surface area contributed by atoms with Crippen molar-refractivity contribution in [3.05, 3.63) is 70.5 Å². The van der Waals surface area contributed by atoms with Crippen molar-refractivity contribution in [2.75, 3.05) is 0 Å². The van der Waals surface area contributed by atoms with Crippen LogP contribution in [0.15, 0.2) is 42.5 Å². The molecule has 0 N–H and O–H groups in total. The molecule has 0 radical (unpaired) electrons. The van der Waals surface area contributed by atoms with E-state index in [1.807, 2.05) is 13.8 Å². The third-order valence-corrected chi connectivity index (χ3v) is 3.79. The second kappa shape index (κ2) is 8.76. The highest BCUT2D eigenvalue weighted by Gasteiger charge is 2.31. The Morgan fingerprint density at radius 3 is 1.56 bits per heavy atom. The number of rotatable bonds is 2. The van der Waals surface area contributed by atoms with Gasteiger partial charge in [0.05, 0.1) is 11.1 Å². The molecule has 0 nitrogen and oxygen atoms in total. The number of halogens is 7. The van der Waals surface area contributed by atoms with Crippen LogP contribution in [0.3, 0.4) is 0 Å². The van der Waals surface area contributed by atoms with Gasteiger partial charge in [0.1, 0.15) is 5.82 Å². The van der Waals surface area contributed by atoms with Crippen molar-refractivity contribution in [1.82, 2.24) is 0 Å². The van der Waals surface area contributed by atoms with Gasteiger partial charge in [0, 0.05) is 0 Å². The minimum atomic E-state index is -4.48. The summed E-state index contributed by atoms with van der Waals surface area (Å²) >= 11 is 0. The molecule has 7 heteroatoms. The Bertz CT molecular complexity index is 741. The van der Waals surface area contributed by atoms with Gasteiger partial charge in [0.25, 0.3) is 0 Å². The van der Waals surface area contributed by atoms with Crippen LogP contribution in [-0.2, 0) is 12.4 Å². The summed E-state index contributed by atoms with van der Waals surface area (Å²) in [4.78, 5) is 0. The van der Waals surface area contributed by atoms with Crippen LogP contribution < -0.4 is 0 Å². The molecule has 0 amide bonds. The lowest BCUT2D eigenvalue weighted by atomic mass is 10.0. The third kappa shape index (κ3) is 7.23. The fourth-order valence-electron chi connectivity index (χ4n) is 2.18. The van der Waals surface area contributed by atoms with Crippen molar-refractivity contribution in [3.63, 3.8) is 0 Å². The quantitative estimate of drug-likeness (QED) is 0.456. The molecule has 0 aliphatic rings. The van der Waals surface area contributed by atoms with Gasteiger partial charge >= 0.3 is 12.4 Å². The summed E-state index contributed by atoms with van der Waals surface area (Å²) in [5.74, 6) is -0.836. The van der Waals surface area contributed by atoms with E-state index in [2.05, 4.69) is 0 Å². The highest BCUT2D eigenvalue weighted by Crippen LogP contribution is 2.32. The molecule has 0 saturated heterocycles. The standard InChI is InChI=1S/C10H10F4.C10H11F3/c1-6(2)7-3-8(10(12,13)14)5-9(11)4-7;1-7(2)8-4-3-5-9(6-8)10(11,12)13/h3-6H,1-2H3;3-7H,1-2H3. The maximum Gasteiger partial charge on any atom is 0.416 e. The Labute approximate surface area is 154 Å². The van der Waals surface area contributed by atoms with Crippen LogP contribution in [0.1, 0.15) is 61.8 Å². The predicted molar refractivity (Wildman–Crippen MR) is 91.0 cm³/mol. The first-order valence-electron chi connectivity index (χ1n) is 8.26. The van der Waals surface area contributed by atoms with Gasteiger partial charge in [-0.15, -0.1) is 0 Å². The molecule has 27 heavy (non-hydrogen) atoms. The second-order valence-corrected chi connectivity index (χ2v) is 6.70. The SMILES string of the molecule is CC(C)c1cc(F)cc(C(F)(F)F)c1.CC(C)c1cccc(C(F)(F)F)c1. The highest BCUT2D eigenvalue weighted by molar-refractivity contribution is 5.29. The number of alkyl halides is 6. The molecule has 0 spiro atoms. The predicted octanol–water partition coefficient (Wildman–Crippen LogP) is 7.80. The molecule has 0 aromatic heterocycles. The molecule has 0 heterocycles. The Balaban J connectivity index is 0.000000271. The summed E-state index contributed by atoms with van der Waals surface area (Å²) in [5, 5.41) is 0. The molecule has 2 rings (SSSR count). The second-order valence-electron chi connectivity index (χ2n) is 6.70. The molecule has 0 aliphatic carbocycles. The average Bonchev–Trinajstić information content (AvgIpc) is 2.53. The van der Waals surface area contributed by atoms with Crippen molar-refractivity contribution in [2.24, 2.45) is 0 Å². The maximum atomic E-state index is 12.8. The Kier molecular flexibility index (Phi) is 7.46. The van der Waals surface area contributed by atoms with Crippen LogP contribution >= 0.6 is 0 Å². The minimum absolute atomic E-state index is 0.119. The summed E-state index contributed by atoms with van der Waals surface area (Å²) in [6, 6.07) is 8.05. The van der Waals surface area contributed by atoms with Gasteiger partial charge in [-0.3, -0.25) is 0 Å². The molecule has 2 aromatic carbocycles. The maximum absolute atomic E-state index is 12.8. The van der Waals surface area contributed by atoms with Crippen molar-refractivity contribution in [2.45, 2.75) is 51.9 Å². The first-order chi connectivity index (χ1) is 12.2.